The Morgan fingerprint density at radius 2 is 1.90 bits per heavy atom. The fourth-order valence-electron chi connectivity index (χ4n) is 2.16. The lowest BCUT2D eigenvalue weighted by atomic mass is 10.2. The SMILES string of the molecule is CCOC(=O)c1ccccc1Nc1cc2ccccc2o1. The molecule has 106 valence electrons. The molecule has 0 amide bonds. The molecule has 0 saturated heterocycles. The maximum atomic E-state index is 11.9. The first-order valence-electron chi connectivity index (χ1n) is 6.79. The first kappa shape index (κ1) is 13.2. The molecule has 1 aromatic heterocycles. The zero-order chi connectivity index (χ0) is 14.7. The van der Waals surface area contributed by atoms with Crippen molar-refractivity contribution in [1.82, 2.24) is 0 Å². The fraction of sp³-hybridized carbons (Fsp3) is 0.118. The summed E-state index contributed by atoms with van der Waals surface area (Å²) in [7, 11) is 0. The molecule has 0 saturated carbocycles. The lowest BCUT2D eigenvalue weighted by Gasteiger charge is -2.09. The van der Waals surface area contributed by atoms with E-state index in [4.69, 9.17) is 9.15 Å². The Hall–Kier alpha value is -2.75. The van der Waals surface area contributed by atoms with Crippen LogP contribution in [0.4, 0.5) is 11.6 Å². The summed E-state index contributed by atoms with van der Waals surface area (Å²) in [6.45, 7) is 2.13. The molecule has 1 N–H and O–H groups in total. The van der Waals surface area contributed by atoms with E-state index in [1.54, 1.807) is 19.1 Å². The lowest BCUT2D eigenvalue weighted by Crippen LogP contribution is -2.07. The highest BCUT2D eigenvalue weighted by molar-refractivity contribution is 5.96. The predicted octanol–water partition coefficient (Wildman–Crippen LogP) is 4.35. The molecule has 2 aromatic carbocycles. The van der Waals surface area contributed by atoms with Gasteiger partial charge in [-0.05, 0) is 25.1 Å². The number of furan rings is 1. The molecule has 0 spiro atoms. The molecule has 1 heterocycles. The zero-order valence-electron chi connectivity index (χ0n) is 11.6. The number of hydrogen-bond acceptors (Lipinski definition) is 4. The van der Waals surface area contributed by atoms with E-state index >= 15 is 0 Å². The minimum absolute atomic E-state index is 0.345. The molecule has 4 heteroatoms. The van der Waals surface area contributed by atoms with Crippen LogP contribution in [-0.2, 0) is 4.74 Å². The summed E-state index contributed by atoms with van der Waals surface area (Å²) in [6.07, 6.45) is 0. The molecule has 0 radical (unpaired) electrons. The monoisotopic (exact) mass is 281 g/mol. The van der Waals surface area contributed by atoms with Crippen LogP contribution in [0.15, 0.2) is 59.0 Å². The van der Waals surface area contributed by atoms with Crippen molar-refractivity contribution < 1.29 is 13.9 Å². The maximum absolute atomic E-state index is 11.9. The van der Waals surface area contributed by atoms with E-state index in [2.05, 4.69) is 5.32 Å². The van der Waals surface area contributed by atoms with Crippen molar-refractivity contribution in [2.75, 3.05) is 11.9 Å². The van der Waals surface area contributed by atoms with E-state index in [-0.39, 0.29) is 5.97 Å². The second-order valence-corrected chi connectivity index (χ2v) is 4.54. The Kier molecular flexibility index (Phi) is 3.60. The van der Waals surface area contributed by atoms with Crippen LogP contribution in [-0.4, -0.2) is 12.6 Å². The van der Waals surface area contributed by atoms with Crippen LogP contribution in [0.2, 0.25) is 0 Å². The molecule has 3 aromatic rings. The van der Waals surface area contributed by atoms with Gasteiger partial charge in [0.05, 0.1) is 17.9 Å². The molecule has 0 atom stereocenters. The van der Waals surface area contributed by atoms with Crippen molar-refractivity contribution in [2.24, 2.45) is 0 Å². The van der Waals surface area contributed by atoms with Crippen molar-refractivity contribution >= 4 is 28.5 Å². The van der Waals surface area contributed by atoms with E-state index in [1.807, 2.05) is 42.5 Å². The Morgan fingerprint density at radius 1 is 1.14 bits per heavy atom. The van der Waals surface area contributed by atoms with E-state index in [1.165, 1.54) is 0 Å². The predicted molar refractivity (Wildman–Crippen MR) is 81.9 cm³/mol. The quantitative estimate of drug-likeness (QED) is 0.722. The highest BCUT2D eigenvalue weighted by atomic mass is 16.5. The molecule has 0 fully saturated rings. The van der Waals surface area contributed by atoms with Gasteiger partial charge in [-0.15, -0.1) is 0 Å². The molecular weight excluding hydrogens is 266 g/mol. The number of nitrogens with one attached hydrogen (secondary N) is 1. The van der Waals surface area contributed by atoms with Gasteiger partial charge in [-0.25, -0.2) is 4.79 Å². The Morgan fingerprint density at radius 3 is 2.71 bits per heavy atom. The molecule has 0 unspecified atom stereocenters. The molecule has 0 aliphatic heterocycles. The van der Waals surface area contributed by atoms with Gasteiger partial charge in [0.25, 0.3) is 0 Å². The van der Waals surface area contributed by atoms with Crippen LogP contribution in [0.3, 0.4) is 0 Å². The van der Waals surface area contributed by atoms with Gasteiger partial charge in [0.1, 0.15) is 5.58 Å². The lowest BCUT2D eigenvalue weighted by molar-refractivity contribution is 0.0527. The number of fused-ring (bicyclic) bond motifs is 1. The van der Waals surface area contributed by atoms with Crippen LogP contribution in [0, 0.1) is 0 Å². The molecule has 3 rings (SSSR count). The average molecular weight is 281 g/mol. The Bertz CT molecular complexity index is 743. The normalized spacial score (nSPS) is 10.5. The number of benzene rings is 2. The van der Waals surface area contributed by atoms with E-state index < -0.39 is 0 Å². The maximum Gasteiger partial charge on any atom is 0.340 e. The number of anilines is 2. The number of rotatable bonds is 4. The third-order valence-corrected chi connectivity index (χ3v) is 3.11. The minimum Gasteiger partial charge on any atom is -0.462 e. The molecule has 0 bridgehead atoms. The van der Waals surface area contributed by atoms with Gasteiger partial charge in [0.2, 0.25) is 0 Å². The smallest absolute Gasteiger partial charge is 0.340 e. The minimum atomic E-state index is -0.350. The van der Waals surface area contributed by atoms with Crippen LogP contribution in [0.5, 0.6) is 0 Å². The van der Waals surface area contributed by atoms with Crippen LogP contribution in [0.25, 0.3) is 11.0 Å². The van der Waals surface area contributed by atoms with Crippen molar-refractivity contribution in [2.45, 2.75) is 6.92 Å². The first-order chi connectivity index (χ1) is 10.3. The molecule has 4 nitrogen and oxygen atoms in total. The molecular formula is C17H15NO3. The Balaban J connectivity index is 1.92. The second kappa shape index (κ2) is 5.71. The first-order valence-corrected chi connectivity index (χ1v) is 6.79. The van der Waals surface area contributed by atoms with Gasteiger partial charge >= 0.3 is 5.97 Å². The second-order valence-electron chi connectivity index (χ2n) is 4.54. The van der Waals surface area contributed by atoms with Gasteiger partial charge in [0, 0.05) is 11.5 Å². The van der Waals surface area contributed by atoms with E-state index in [9.17, 15) is 4.79 Å². The topological polar surface area (TPSA) is 51.5 Å². The highest BCUT2D eigenvalue weighted by Crippen LogP contribution is 2.27. The number of esters is 1. The molecule has 21 heavy (non-hydrogen) atoms. The van der Waals surface area contributed by atoms with Crippen molar-refractivity contribution in [1.29, 1.82) is 0 Å². The van der Waals surface area contributed by atoms with Crippen molar-refractivity contribution in [3.8, 4) is 0 Å². The van der Waals surface area contributed by atoms with Gasteiger partial charge < -0.3 is 14.5 Å². The van der Waals surface area contributed by atoms with Gasteiger partial charge in [-0.1, -0.05) is 30.3 Å². The molecule has 0 aliphatic rings. The third-order valence-electron chi connectivity index (χ3n) is 3.11. The van der Waals surface area contributed by atoms with Gasteiger partial charge in [-0.3, -0.25) is 0 Å². The molecule has 0 aliphatic carbocycles. The summed E-state index contributed by atoms with van der Waals surface area (Å²) in [6, 6.07) is 16.8. The van der Waals surface area contributed by atoms with Gasteiger partial charge in [0.15, 0.2) is 5.88 Å². The van der Waals surface area contributed by atoms with Crippen molar-refractivity contribution in [3.63, 3.8) is 0 Å². The number of para-hydroxylation sites is 2. The number of ether oxygens (including phenoxy) is 1. The summed E-state index contributed by atoms with van der Waals surface area (Å²) in [5.41, 5.74) is 1.95. The standard InChI is InChI=1S/C17H15NO3/c1-2-20-17(19)13-8-4-5-9-14(13)18-16-11-12-7-3-6-10-15(12)21-16/h3-11,18H,2H2,1H3. The summed E-state index contributed by atoms with van der Waals surface area (Å²) >= 11 is 0. The third kappa shape index (κ3) is 2.74. The Labute approximate surface area is 122 Å². The number of hydrogen-bond donors (Lipinski definition) is 1. The van der Waals surface area contributed by atoms with Crippen LogP contribution < -0.4 is 5.32 Å². The fourth-order valence-corrected chi connectivity index (χ4v) is 2.16. The zero-order valence-corrected chi connectivity index (χ0v) is 11.6. The highest BCUT2D eigenvalue weighted by Gasteiger charge is 2.13. The number of carbonyl (C=O) groups excluding carboxylic acids is 1. The summed E-state index contributed by atoms with van der Waals surface area (Å²) in [4.78, 5) is 11.9. The average Bonchev–Trinajstić information content (AvgIpc) is 2.90. The summed E-state index contributed by atoms with van der Waals surface area (Å²) in [5.74, 6) is 0.240. The van der Waals surface area contributed by atoms with E-state index in [0.717, 1.165) is 11.0 Å². The van der Waals surface area contributed by atoms with Crippen LogP contribution >= 0.6 is 0 Å². The summed E-state index contributed by atoms with van der Waals surface area (Å²) < 4.78 is 10.8. The number of carbonyl (C=O) groups is 1. The van der Waals surface area contributed by atoms with Crippen LogP contribution in [0.1, 0.15) is 17.3 Å². The van der Waals surface area contributed by atoms with E-state index in [0.29, 0.717) is 23.7 Å². The largest absolute Gasteiger partial charge is 0.462 e. The summed E-state index contributed by atoms with van der Waals surface area (Å²) in [5, 5.41) is 4.14. The van der Waals surface area contributed by atoms with Gasteiger partial charge in [-0.2, -0.15) is 0 Å². The van der Waals surface area contributed by atoms with Crippen molar-refractivity contribution in [3.05, 3.63) is 60.2 Å².